The number of ether oxygens (including phenoxy) is 1. The van der Waals surface area contributed by atoms with E-state index in [0.717, 1.165) is 24.2 Å². The zero-order valence-corrected chi connectivity index (χ0v) is 9.47. The average molecular weight is 226 g/mol. The van der Waals surface area contributed by atoms with Crippen molar-refractivity contribution in [3.05, 3.63) is 59.7 Å². The smallest absolute Gasteiger partial charge is 0.124 e. The van der Waals surface area contributed by atoms with Gasteiger partial charge in [-0.25, -0.2) is 0 Å². The lowest BCUT2D eigenvalue weighted by Crippen LogP contribution is -2.14. The number of fused-ring (bicyclic) bond motifs is 1. The van der Waals surface area contributed by atoms with Crippen molar-refractivity contribution in [3.8, 4) is 11.5 Å². The molecule has 2 nitrogen and oxygen atoms in total. The van der Waals surface area contributed by atoms with Gasteiger partial charge in [0, 0.05) is 0 Å². The lowest BCUT2D eigenvalue weighted by atomic mass is 9.97. The van der Waals surface area contributed by atoms with Crippen LogP contribution >= 0.6 is 0 Å². The maximum Gasteiger partial charge on any atom is 0.124 e. The first kappa shape index (κ1) is 10.2. The van der Waals surface area contributed by atoms with Crippen LogP contribution in [-0.2, 0) is 6.42 Å². The molecule has 0 saturated heterocycles. The van der Waals surface area contributed by atoms with Crippen LogP contribution in [0.3, 0.4) is 0 Å². The number of phenols is 1. The molecule has 17 heavy (non-hydrogen) atoms. The highest BCUT2D eigenvalue weighted by atomic mass is 16.5. The fourth-order valence-corrected chi connectivity index (χ4v) is 2.25. The molecule has 0 aliphatic carbocycles. The number of phenolic OH excluding ortho intramolecular Hbond substituents is 1. The summed E-state index contributed by atoms with van der Waals surface area (Å²) in [5.74, 6) is 1.28. The molecular formula is C15H14O2. The van der Waals surface area contributed by atoms with Crippen LogP contribution in [0.4, 0.5) is 0 Å². The van der Waals surface area contributed by atoms with Crippen LogP contribution in [0.1, 0.15) is 23.7 Å². The first-order chi connectivity index (χ1) is 8.33. The van der Waals surface area contributed by atoms with Gasteiger partial charge >= 0.3 is 0 Å². The van der Waals surface area contributed by atoms with E-state index in [1.54, 1.807) is 12.1 Å². The molecule has 1 aliphatic heterocycles. The van der Waals surface area contributed by atoms with Crippen LogP contribution in [-0.4, -0.2) is 5.11 Å². The van der Waals surface area contributed by atoms with Crippen molar-refractivity contribution in [2.24, 2.45) is 0 Å². The van der Waals surface area contributed by atoms with E-state index < -0.39 is 0 Å². The monoisotopic (exact) mass is 226 g/mol. The van der Waals surface area contributed by atoms with Gasteiger partial charge in [0.05, 0.1) is 0 Å². The Balaban J connectivity index is 1.86. The Hall–Kier alpha value is -1.96. The molecule has 0 fully saturated rings. The quantitative estimate of drug-likeness (QED) is 0.806. The topological polar surface area (TPSA) is 29.5 Å². The van der Waals surface area contributed by atoms with Gasteiger partial charge in [0.25, 0.3) is 0 Å². The molecule has 1 aliphatic rings. The summed E-state index contributed by atoms with van der Waals surface area (Å²) in [5, 5.41) is 9.27. The van der Waals surface area contributed by atoms with Gasteiger partial charge in [-0.05, 0) is 42.2 Å². The lowest BCUT2D eigenvalue weighted by molar-refractivity contribution is 0.176. The van der Waals surface area contributed by atoms with Gasteiger partial charge in [-0.2, -0.15) is 0 Å². The SMILES string of the molecule is Oc1ccc(C2CCc3ccccc3O2)cc1. The third-order valence-electron chi connectivity index (χ3n) is 3.18. The van der Waals surface area contributed by atoms with Gasteiger partial charge in [-0.3, -0.25) is 0 Å². The third kappa shape index (κ3) is 1.98. The summed E-state index contributed by atoms with van der Waals surface area (Å²) in [6.45, 7) is 0. The van der Waals surface area contributed by atoms with Gasteiger partial charge in [0.1, 0.15) is 17.6 Å². The molecule has 2 heteroatoms. The number of benzene rings is 2. The highest BCUT2D eigenvalue weighted by molar-refractivity contribution is 5.37. The predicted octanol–water partition coefficient (Wildman–Crippen LogP) is 3.46. The highest BCUT2D eigenvalue weighted by Crippen LogP contribution is 2.34. The molecule has 1 unspecified atom stereocenters. The molecule has 1 atom stereocenters. The Bertz CT molecular complexity index is 517. The van der Waals surface area contributed by atoms with Crippen LogP contribution in [0, 0.1) is 0 Å². The largest absolute Gasteiger partial charge is 0.508 e. The molecule has 1 N–H and O–H groups in total. The number of aromatic hydroxyl groups is 1. The highest BCUT2D eigenvalue weighted by Gasteiger charge is 2.20. The van der Waals surface area contributed by atoms with Crippen molar-refractivity contribution in [1.82, 2.24) is 0 Å². The van der Waals surface area contributed by atoms with E-state index in [0.29, 0.717) is 5.75 Å². The predicted molar refractivity (Wildman–Crippen MR) is 66.2 cm³/mol. The van der Waals surface area contributed by atoms with Crippen LogP contribution in [0.25, 0.3) is 0 Å². The van der Waals surface area contributed by atoms with Crippen LogP contribution in [0.15, 0.2) is 48.5 Å². The Kier molecular flexibility index (Phi) is 2.48. The summed E-state index contributed by atoms with van der Waals surface area (Å²) in [5.41, 5.74) is 2.40. The van der Waals surface area contributed by atoms with Gasteiger partial charge in [0.2, 0.25) is 0 Å². The summed E-state index contributed by atoms with van der Waals surface area (Å²) < 4.78 is 5.98. The first-order valence-electron chi connectivity index (χ1n) is 5.86. The molecule has 0 aromatic heterocycles. The zero-order chi connectivity index (χ0) is 11.7. The molecule has 1 heterocycles. The summed E-state index contributed by atoms with van der Waals surface area (Å²) in [6.07, 6.45) is 2.13. The Morgan fingerprint density at radius 2 is 1.76 bits per heavy atom. The maximum atomic E-state index is 9.27. The normalized spacial score (nSPS) is 18.2. The molecule has 0 bridgehead atoms. The first-order valence-corrected chi connectivity index (χ1v) is 5.86. The summed E-state index contributed by atoms with van der Waals surface area (Å²) in [4.78, 5) is 0. The van der Waals surface area contributed by atoms with Crippen LogP contribution in [0.2, 0.25) is 0 Å². The number of aryl methyl sites for hydroxylation is 1. The lowest BCUT2D eigenvalue weighted by Gasteiger charge is -2.26. The fourth-order valence-electron chi connectivity index (χ4n) is 2.25. The van der Waals surface area contributed by atoms with Gasteiger partial charge in [0.15, 0.2) is 0 Å². The van der Waals surface area contributed by atoms with Gasteiger partial charge < -0.3 is 9.84 Å². The van der Waals surface area contributed by atoms with Crippen molar-refractivity contribution in [3.63, 3.8) is 0 Å². The second-order valence-corrected chi connectivity index (χ2v) is 4.34. The molecule has 0 amide bonds. The minimum atomic E-state index is 0.102. The minimum Gasteiger partial charge on any atom is -0.508 e. The Morgan fingerprint density at radius 3 is 2.59 bits per heavy atom. The van der Waals surface area contributed by atoms with E-state index in [1.165, 1.54) is 5.56 Å². The van der Waals surface area contributed by atoms with Crippen LogP contribution < -0.4 is 4.74 Å². The number of rotatable bonds is 1. The van der Waals surface area contributed by atoms with E-state index in [-0.39, 0.29) is 6.10 Å². The molecule has 3 rings (SSSR count). The van der Waals surface area contributed by atoms with E-state index in [1.807, 2.05) is 30.3 Å². The van der Waals surface area contributed by atoms with E-state index in [2.05, 4.69) is 6.07 Å². The van der Waals surface area contributed by atoms with Gasteiger partial charge in [-0.15, -0.1) is 0 Å². The zero-order valence-electron chi connectivity index (χ0n) is 9.47. The van der Waals surface area contributed by atoms with Crippen molar-refractivity contribution in [2.75, 3.05) is 0 Å². The van der Waals surface area contributed by atoms with Crippen LogP contribution in [0.5, 0.6) is 11.5 Å². The molecule has 0 spiro atoms. The van der Waals surface area contributed by atoms with E-state index in [9.17, 15) is 5.11 Å². The number of hydrogen-bond acceptors (Lipinski definition) is 2. The summed E-state index contributed by atoms with van der Waals surface area (Å²) in [6, 6.07) is 15.4. The van der Waals surface area contributed by atoms with Crippen molar-refractivity contribution in [1.29, 1.82) is 0 Å². The summed E-state index contributed by atoms with van der Waals surface area (Å²) >= 11 is 0. The summed E-state index contributed by atoms with van der Waals surface area (Å²) in [7, 11) is 0. The minimum absolute atomic E-state index is 0.102. The molecule has 2 aromatic rings. The molecule has 0 radical (unpaired) electrons. The molecule has 86 valence electrons. The van der Waals surface area contributed by atoms with Crippen molar-refractivity contribution < 1.29 is 9.84 Å². The van der Waals surface area contributed by atoms with E-state index >= 15 is 0 Å². The van der Waals surface area contributed by atoms with Crippen molar-refractivity contribution in [2.45, 2.75) is 18.9 Å². The second kappa shape index (κ2) is 4.13. The molecular weight excluding hydrogens is 212 g/mol. The maximum absolute atomic E-state index is 9.27. The Morgan fingerprint density at radius 1 is 1.00 bits per heavy atom. The number of para-hydroxylation sites is 1. The van der Waals surface area contributed by atoms with Gasteiger partial charge in [-0.1, -0.05) is 30.3 Å². The average Bonchev–Trinajstić information content (AvgIpc) is 2.39. The fraction of sp³-hybridized carbons (Fsp3) is 0.200. The standard InChI is InChI=1S/C15H14O2/c16-13-8-5-12(6-9-13)15-10-7-11-3-1-2-4-14(11)17-15/h1-6,8-9,15-16H,7,10H2. The van der Waals surface area contributed by atoms with E-state index in [4.69, 9.17) is 4.74 Å². The second-order valence-electron chi connectivity index (χ2n) is 4.34. The molecule has 0 saturated carbocycles. The Labute approximate surface area is 100 Å². The third-order valence-corrected chi connectivity index (χ3v) is 3.18. The molecule has 2 aromatic carbocycles. The van der Waals surface area contributed by atoms with Crippen molar-refractivity contribution >= 4 is 0 Å². The number of hydrogen-bond donors (Lipinski definition) is 1.